The Kier molecular flexibility index (Phi) is 2.00. The molecule has 0 N–H and O–H groups in total. The number of hydrogen-bond donors (Lipinski definition) is 0. The molecule has 0 heterocycles. The van der Waals surface area contributed by atoms with Crippen LogP contribution in [0.15, 0.2) is 23.6 Å². The monoisotopic (exact) mass is 140 g/mol. The van der Waals surface area contributed by atoms with E-state index in [-0.39, 0.29) is 11.6 Å². The smallest absolute Gasteiger partial charge is 0.159 e. The summed E-state index contributed by atoms with van der Waals surface area (Å²) in [4.78, 5) is 10.7. The van der Waals surface area contributed by atoms with E-state index < -0.39 is 0 Å². The molecule has 0 aromatic rings. The first-order chi connectivity index (χ1) is 4.70. The predicted octanol–water partition coefficient (Wildman–Crippen LogP) is 2.15. The van der Waals surface area contributed by atoms with Gasteiger partial charge in [-0.25, -0.2) is 4.39 Å². The summed E-state index contributed by atoms with van der Waals surface area (Å²) in [5, 5.41) is 0. The van der Waals surface area contributed by atoms with Gasteiger partial charge in [0.25, 0.3) is 0 Å². The van der Waals surface area contributed by atoms with Crippen molar-refractivity contribution in [2.45, 2.75) is 19.8 Å². The molecule has 10 heavy (non-hydrogen) atoms. The molecule has 0 aromatic carbocycles. The van der Waals surface area contributed by atoms with E-state index in [2.05, 4.69) is 0 Å². The van der Waals surface area contributed by atoms with Crippen LogP contribution in [0, 0.1) is 0 Å². The second-order valence-electron chi connectivity index (χ2n) is 2.35. The summed E-state index contributed by atoms with van der Waals surface area (Å²) in [6, 6.07) is 0. The largest absolute Gasteiger partial charge is 0.295 e. The Balaban J connectivity index is 2.79. The minimum absolute atomic E-state index is 0.0603. The number of allylic oxidation sites excluding steroid dienone is 4. The molecule has 54 valence electrons. The highest BCUT2D eigenvalue weighted by molar-refractivity contribution is 5.96. The lowest BCUT2D eigenvalue weighted by Crippen LogP contribution is -1.97. The van der Waals surface area contributed by atoms with Gasteiger partial charge in [-0.2, -0.15) is 0 Å². The molecule has 2 heteroatoms. The zero-order valence-electron chi connectivity index (χ0n) is 5.86. The van der Waals surface area contributed by atoms with Crippen LogP contribution in [0.5, 0.6) is 0 Å². The first-order valence-electron chi connectivity index (χ1n) is 3.27. The van der Waals surface area contributed by atoms with E-state index in [9.17, 15) is 9.18 Å². The number of halogens is 1. The Hall–Kier alpha value is -0.920. The maximum Gasteiger partial charge on any atom is 0.159 e. The first kappa shape index (κ1) is 7.19. The van der Waals surface area contributed by atoms with Crippen molar-refractivity contribution in [3.05, 3.63) is 23.6 Å². The lowest BCUT2D eigenvalue weighted by molar-refractivity contribution is -0.113. The van der Waals surface area contributed by atoms with Crippen LogP contribution in [0.25, 0.3) is 0 Å². The number of Topliss-reactive ketones (excluding diaryl/α,β-unsaturated/α-hetero) is 1. The van der Waals surface area contributed by atoms with Crippen molar-refractivity contribution in [1.29, 1.82) is 0 Å². The summed E-state index contributed by atoms with van der Waals surface area (Å²) < 4.78 is 12.5. The van der Waals surface area contributed by atoms with Crippen molar-refractivity contribution < 1.29 is 9.18 Å². The minimum Gasteiger partial charge on any atom is -0.295 e. The molecule has 1 nitrogen and oxygen atoms in total. The summed E-state index contributed by atoms with van der Waals surface area (Å²) >= 11 is 0. The summed E-state index contributed by atoms with van der Waals surface area (Å²) in [5.41, 5.74) is 0.503. The van der Waals surface area contributed by atoms with Crippen molar-refractivity contribution >= 4 is 5.78 Å². The lowest BCUT2D eigenvalue weighted by atomic mass is 10.0. The first-order valence-corrected chi connectivity index (χ1v) is 3.27. The van der Waals surface area contributed by atoms with Crippen molar-refractivity contribution in [2.24, 2.45) is 0 Å². The van der Waals surface area contributed by atoms with Gasteiger partial charge >= 0.3 is 0 Å². The van der Waals surface area contributed by atoms with Gasteiger partial charge in [0.15, 0.2) is 5.78 Å². The summed E-state index contributed by atoms with van der Waals surface area (Å²) in [7, 11) is 0. The fourth-order valence-electron chi connectivity index (χ4n) is 0.911. The third-order valence-electron chi connectivity index (χ3n) is 1.47. The molecule has 0 spiro atoms. The molecule has 0 saturated heterocycles. The van der Waals surface area contributed by atoms with Gasteiger partial charge in [-0.05, 0) is 19.4 Å². The van der Waals surface area contributed by atoms with Crippen LogP contribution in [0.2, 0.25) is 0 Å². The van der Waals surface area contributed by atoms with Crippen molar-refractivity contribution in [3.63, 3.8) is 0 Å². The average molecular weight is 140 g/mol. The Labute approximate surface area is 59.2 Å². The molecular weight excluding hydrogens is 131 g/mol. The highest BCUT2D eigenvalue weighted by Crippen LogP contribution is 2.18. The zero-order chi connectivity index (χ0) is 7.56. The Morgan fingerprint density at radius 2 is 2.40 bits per heavy atom. The molecule has 0 saturated carbocycles. The summed E-state index contributed by atoms with van der Waals surface area (Å²) in [6.07, 6.45) is 4.17. The highest BCUT2D eigenvalue weighted by atomic mass is 19.1. The van der Waals surface area contributed by atoms with Gasteiger partial charge in [-0.15, -0.1) is 0 Å². The van der Waals surface area contributed by atoms with Gasteiger partial charge in [0.1, 0.15) is 5.83 Å². The van der Waals surface area contributed by atoms with E-state index in [1.165, 1.54) is 13.0 Å². The maximum absolute atomic E-state index is 12.5. The van der Waals surface area contributed by atoms with Gasteiger partial charge in [0.05, 0.1) is 0 Å². The lowest BCUT2D eigenvalue weighted by Gasteiger charge is -2.03. The third kappa shape index (κ3) is 1.53. The Bertz CT molecular complexity index is 213. The molecule has 0 amide bonds. The van der Waals surface area contributed by atoms with Crippen LogP contribution in [-0.4, -0.2) is 5.78 Å². The molecule has 0 aliphatic heterocycles. The summed E-state index contributed by atoms with van der Waals surface area (Å²) in [6.45, 7) is 1.45. The number of carbonyl (C=O) groups excluding carboxylic acids is 1. The fourth-order valence-corrected chi connectivity index (χ4v) is 0.911. The van der Waals surface area contributed by atoms with Gasteiger partial charge in [0.2, 0.25) is 0 Å². The number of rotatable bonds is 1. The Morgan fingerprint density at radius 1 is 1.70 bits per heavy atom. The van der Waals surface area contributed by atoms with Gasteiger partial charge in [-0.3, -0.25) is 4.79 Å². The molecule has 0 aromatic heterocycles. The highest BCUT2D eigenvalue weighted by Gasteiger charge is 2.07. The van der Waals surface area contributed by atoms with Crippen LogP contribution in [0.3, 0.4) is 0 Å². The molecular formula is C8H9FO. The topological polar surface area (TPSA) is 17.1 Å². The zero-order valence-corrected chi connectivity index (χ0v) is 5.86. The molecule has 1 rings (SSSR count). The number of hydrogen-bond acceptors (Lipinski definition) is 1. The SMILES string of the molecule is CC(=O)C1=CCCC(F)=C1. The quantitative estimate of drug-likeness (QED) is 0.545. The number of ketones is 1. The van der Waals surface area contributed by atoms with Crippen molar-refractivity contribution in [1.82, 2.24) is 0 Å². The van der Waals surface area contributed by atoms with Crippen molar-refractivity contribution in [2.75, 3.05) is 0 Å². The predicted molar refractivity (Wildman–Crippen MR) is 37.2 cm³/mol. The molecule has 0 radical (unpaired) electrons. The van der Waals surface area contributed by atoms with E-state index in [0.717, 1.165) is 0 Å². The van der Waals surface area contributed by atoms with E-state index in [0.29, 0.717) is 18.4 Å². The van der Waals surface area contributed by atoms with Gasteiger partial charge in [-0.1, -0.05) is 6.08 Å². The van der Waals surface area contributed by atoms with Gasteiger partial charge in [0, 0.05) is 12.0 Å². The van der Waals surface area contributed by atoms with E-state index >= 15 is 0 Å². The molecule has 0 unspecified atom stereocenters. The molecule has 1 aliphatic carbocycles. The van der Waals surface area contributed by atoms with Crippen LogP contribution in [0.4, 0.5) is 4.39 Å². The second-order valence-corrected chi connectivity index (χ2v) is 2.35. The normalized spacial score (nSPS) is 17.8. The Morgan fingerprint density at radius 3 is 2.80 bits per heavy atom. The molecule has 0 fully saturated rings. The fraction of sp³-hybridized carbons (Fsp3) is 0.375. The van der Waals surface area contributed by atoms with E-state index in [4.69, 9.17) is 0 Å². The van der Waals surface area contributed by atoms with Crippen LogP contribution >= 0.6 is 0 Å². The molecule has 0 atom stereocenters. The molecule has 1 aliphatic rings. The number of carbonyl (C=O) groups is 1. The van der Waals surface area contributed by atoms with Gasteiger partial charge < -0.3 is 0 Å². The van der Waals surface area contributed by atoms with Crippen LogP contribution in [-0.2, 0) is 4.79 Å². The molecule has 0 bridgehead atoms. The van der Waals surface area contributed by atoms with Crippen LogP contribution < -0.4 is 0 Å². The third-order valence-corrected chi connectivity index (χ3v) is 1.47. The average Bonchev–Trinajstić information content (AvgIpc) is 1.88. The van der Waals surface area contributed by atoms with E-state index in [1.54, 1.807) is 6.08 Å². The van der Waals surface area contributed by atoms with E-state index in [1.807, 2.05) is 0 Å². The summed E-state index contributed by atoms with van der Waals surface area (Å²) in [5.74, 6) is -0.248. The standard InChI is InChI=1S/C8H9FO/c1-6(10)7-3-2-4-8(9)5-7/h3,5H,2,4H2,1H3. The van der Waals surface area contributed by atoms with Crippen LogP contribution in [0.1, 0.15) is 19.8 Å². The van der Waals surface area contributed by atoms with Crippen molar-refractivity contribution in [3.8, 4) is 0 Å². The maximum atomic E-state index is 12.5. The minimum atomic E-state index is -0.187. The second kappa shape index (κ2) is 2.78.